The molecule has 0 aromatic heterocycles. The number of nitrogens with one attached hydrogen (secondary N) is 1. The average molecular weight is 261 g/mol. The molecule has 0 heterocycles. The molecule has 98 valence electrons. The van der Waals surface area contributed by atoms with Crippen LogP contribution in [0.2, 0.25) is 0 Å². The van der Waals surface area contributed by atoms with Crippen LogP contribution in [0.3, 0.4) is 0 Å². The van der Waals surface area contributed by atoms with Gasteiger partial charge in [-0.3, -0.25) is 9.79 Å². The van der Waals surface area contributed by atoms with Gasteiger partial charge in [-0.1, -0.05) is 0 Å². The Bertz CT molecular complexity index is 281. The smallest absolute Gasteiger partial charge is 0.237 e. The van der Waals surface area contributed by atoms with E-state index in [-0.39, 0.29) is 17.6 Å². The van der Waals surface area contributed by atoms with Gasteiger partial charge >= 0.3 is 0 Å². The van der Waals surface area contributed by atoms with Crippen LogP contribution in [0.5, 0.6) is 0 Å². The summed E-state index contributed by atoms with van der Waals surface area (Å²) in [5, 5.41) is 2.47. The molecule has 0 aliphatic carbocycles. The highest BCUT2D eigenvalue weighted by Gasteiger charge is 2.16. The maximum atomic E-state index is 11.5. The van der Waals surface area contributed by atoms with Gasteiger partial charge in [-0.25, -0.2) is 0 Å². The molecule has 0 radical (unpaired) electrons. The molecule has 7 N–H and O–H groups in total. The van der Waals surface area contributed by atoms with Crippen molar-refractivity contribution >= 4 is 30.8 Å². The number of hydrogen-bond donors (Lipinski definition) is 5. The second-order valence-electron chi connectivity index (χ2n) is 3.49. The van der Waals surface area contributed by atoms with E-state index in [1.807, 2.05) is 0 Å². The molecular formula is C9H19N5O2S. The lowest BCUT2D eigenvalue weighted by Gasteiger charge is -2.14. The molecule has 0 aromatic rings. The van der Waals surface area contributed by atoms with Gasteiger partial charge in [0.1, 0.15) is 6.29 Å². The summed E-state index contributed by atoms with van der Waals surface area (Å²) < 4.78 is 0. The monoisotopic (exact) mass is 261 g/mol. The predicted molar refractivity (Wildman–Crippen MR) is 69.7 cm³/mol. The highest BCUT2D eigenvalue weighted by Crippen LogP contribution is 1.96. The minimum atomic E-state index is -0.675. The molecule has 0 fully saturated rings. The first kappa shape index (κ1) is 15.7. The normalized spacial score (nSPS) is 13.5. The van der Waals surface area contributed by atoms with Crippen molar-refractivity contribution in [3.63, 3.8) is 0 Å². The zero-order valence-corrected chi connectivity index (χ0v) is 10.4. The minimum Gasteiger partial charge on any atom is -0.370 e. The third kappa shape index (κ3) is 7.58. The maximum absolute atomic E-state index is 11.5. The van der Waals surface area contributed by atoms with Gasteiger partial charge in [0.25, 0.3) is 0 Å². The predicted octanol–water partition coefficient (Wildman–Crippen LogP) is -2.02. The van der Waals surface area contributed by atoms with Gasteiger partial charge in [-0.2, -0.15) is 12.6 Å². The summed E-state index contributed by atoms with van der Waals surface area (Å²) >= 11 is 3.91. The van der Waals surface area contributed by atoms with Gasteiger partial charge in [-0.05, 0) is 12.8 Å². The second-order valence-corrected chi connectivity index (χ2v) is 3.85. The number of thiol groups is 1. The minimum absolute atomic E-state index is 0.0131. The van der Waals surface area contributed by atoms with Gasteiger partial charge < -0.3 is 27.3 Å². The van der Waals surface area contributed by atoms with Crippen molar-refractivity contribution in [2.75, 3.05) is 12.3 Å². The second kappa shape index (κ2) is 8.82. The van der Waals surface area contributed by atoms with Crippen molar-refractivity contribution in [2.45, 2.75) is 24.9 Å². The lowest BCUT2D eigenvalue weighted by atomic mass is 10.1. The zero-order chi connectivity index (χ0) is 13.3. The highest BCUT2D eigenvalue weighted by atomic mass is 32.1. The number of hydrogen-bond acceptors (Lipinski definition) is 5. The fourth-order valence-corrected chi connectivity index (χ4v) is 1.24. The standard InChI is InChI=1S/C9H19N5O2S/c10-7(2-1-3-13-9(11)12)8(16)14-6(4-15)5-17/h4,6-7,17H,1-3,5,10H2,(H,14,16)(H4,11,12,13)/t6-,7+/m1/s1. The molecule has 0 spiro atoms. The fourth-order valence-electron chi connectivity index (χ4n) is 1.06. The number of nitrogens with zero attached hydrogens (tertiary/aromatic N) is 1. The topological polar surface area (TPSA) is 137 Å². The number of aliphatic imine (C=N–C) groups is 1. The van der Waals surface area contributed by atoms with Crippen LogP contribution in [-0.4, -0.2) is 42.5 Å². The molecule has 7 nitrogen and oxygen atoms in total. The third-order valence-corrected chi connectivity index (χ3v) is 2.39. The number of carbonyl (C=O) groups is 2. The quantitative estimate of drug-likeness (QED) is 0.113. The molecule has 0 saturated carbocycles. The van der Waals surface area contributed by atoms with Crippen LogP contribution in [0.15, 0.2) is 4.99 Å². The Morgan fingerprint density at radius 2 is 2.12 bits per heavy atom. The maximum Gasteiger partial charge on any atom is 0.237 e. The Morgan fingerprint density at radius 3 is 2.59 bits per heavy atom. The van der Waals surface area contributed by atoms with E-state index >= 15 is 0 Å². The zero-order valence-electron chi connectivity index (χ0n) is 9.50. The van der Waals surface area contributed by atoms with Crippen LogP contribution in [0.4, 0.5) is 0 Å². The summed E-state index contributed by atoms with van der Waals surface area (Å²) in [7, 11) is 0. The molecule has 1 amide bonds. The van der Waals surface area contributed by atoms with Crippen molar-refractivity contribution in [1.29, 1.82) is 0 Å². The number of aldehydes is 1. The highest BCUT2D eigenvalue weighted by molar-refractivity contribution is 7.80. The molecule has 0 rings (SSSR count). The Balaban J connectivity index is 3.89. The van der Waals surface area contributed by atoms with Crippen LogP contribution < -0.4 is 22.5 Å². The SMILES string of the molecule is NC(N)=NCCC[C@H](N)C(=O)N[C@H](C=O)CS. The first-order chi connectivity index (χ1) is 8.01. The van der Waals surface area contributed by atoms with Crippen LogP contribution in [-0.2, 0) is 9.59 Å². The molecular weight excluding hydrogens is 242 g/mol. The Morgan fingerprint density at radius 1 is 1.47 bits per heavy atom. The molecule has 0 unspecified atom stereocenters. The lowest BCUT2D eigenvalue weighted by molar-refractivity contribution is -0.124. The van der Waals surface area contributed by atoms with E-state index in [2.05, 4.69) is 22.9 Å². The molecule has 0 aliphatic rings. The first-order valence-electron chi connectivity index (χ1n) is 5.18. The number of rotatable bonds is 8. The van der Waals surface area contributed by atoms with Crippen LogP contribution in [0, 0.1) is 0 Å². The summed E-state index contributed by atoms with van der Waals surface area (Å²) in [4.78, 5) is 25.7. The van der Waals surface area contributed by atoms with E-state index in [4.69, 9.17) is 17.2 Å². The Labute approximate surface area is 106 Å². The summed E-state index contributed by atoms with van der Waals surface area (Å²) in [6.45, 7) is 0.424. The third-order valence-electron chi connectivity index (χ3n) is 1.99. The van der Waals surface area contributed by atoms with E-state index in [0.717, 1.165) is 0 Å². The Kier molecular flexibility index (Phi) is 8.16. The van der Waals surface area contributed by atoms with Crippen LogP contribution in [0.25, 0.3) is 0 Å². The molecule has 0 bridgehead atoms. The molecule has 0 aliphatic heterocycles. The van der Waals surface area contributed by atoms with Gasteiger partial charge in [0, 0.05) is 12.3 Å². The number of nitrogens with two attached hydrogens (primary N) is 3. The van der Waals surface area contributed by atoms with Crippen molar-refractivity contribution in [2.24, 2.45) is 22.2 Å². The summed E-state index contributed by atoms with van der Waals surface area (Å²) in [5.74, 6) is -0.115. The number of guanidine groups is 1. The van der Waals surface area contributed by atoms with Gasteiger partial charge in [0.05, 0.1) is 12.1 Å². The summed E-state index contributed by atoms with van der Waals surface area (Å²) in [5.41, 5.74) is 15.9. The molecule has 17 heavy (non-hydrogen) atoms. The number of amides is 1. The molecule has 8 heteroatoms. The first-order valence-corrected chi connectivity index (χ1v) is 5.82. The van der Waals surface area contributed by atoms with Crippen LogP contribution in [0.1, 0.15) is 12.8 Å². The van der Waals surface area contributed by atoms with E-state index in [1.54, 1.807) is 0 Å². The van der Waals surface area contributed by atoms with E-state index < -0.39 is 12.1 Å². The van der Waals surface area contributed by atoms with Gasteiger partial charge in [0.15, 0.2) is 5.96 Å². The van der Waals surface area contributed by atoms with Gasteiger partial charge in [0.2, 0.25) is 5.91 Å². The largest absolute Gasteiger partial charge is 0.370 e. The Hall–Kier alpha value is -1.28. The van der Waals surface area contributed by atoms with Crippen molar-refractivity contribution < 1.29 is 9.59 Å². The number of carbonyl (C=O) groups excluding carboxylic acids is 2. The van der Waals surface area contributed by atoms with E-state index in [0.29, 0.717) is 25.7 Å². The molecule has 2 atom stereocenters. The van der Waals surface area contributed by atoms with Crippen molar-refractivity contribution in [1.82, 2.24) is 5.32 Å². The molecule has 0 aromatic carbocycles. The van der Waals surface area contributed by atoms with Crippen molar-refractivity contribution in [3.8, 4) is 0 Å². The van der Waals surface area contributed by atoms with Crippen molar-refractivity contribution in [3.05, 3.63) is 0 Å². The summed E-state index contributed by atoms with van der Waals surface area (Å²) in [6, 6.07) is -1.28. The lowest BCUT2D eigenvalue weighted by Crippen LogP contribution is -2.46. The average Bonchev–Trinajstić information content (AvgIpc) is 2.30. The van der Waals surface area contributed by atoms with Crippen LogP contribution >= 0.6 is 12.6 Å². The summed E-state index contributed by atoms with van der Waals surface area (Å²) in [6.07, 6.45) is 1.66. The molecule has 0 saturated heterocycles. The van der Waals surface area contributed by atoms with E-state index in [9.17, 15) is 9.59 Å². The van der Waals surface area contributed by atoms with E-state index in [1.165, 1.54) is 0 Å². The van der Waals surface area contributed by atoms with Gasteiger partial charge in [-0.15, -0.1) is 0 Å². The fraction of sp³-hybridized carbons (Fsp3) is 0.667.